The predicted molar refractivity (Wildman–Crippen MR) is 111 cm³/mol. The van der Waals surface area contributed by atoms with E-state index in [1.165, 1.54) is 23.4 Å². The second kappa shape index (κ2) is 7.33. The quantitative estimate of drug-likeness (QED) is 0.690. The van der Waals surface area contributed by atoms with Gasteiger partial charge in [-0.1, -0.05) is 50.0 Å². The maximum Gasteiger partial charge on any atom is 0.261 e. The minimum atomic E-state index is -0.651. The van der Waals surface area contributed by atoms with Crippen LogP contribution >= 0.6 is 23.2 Å². The molecule has 1 aliphatic heterocycles. The number of aromatic hydroxyl groups is 1. The van der Waals surface area contributed by atoms with Crippen LogP contribution in [0.1, 0.15) is 20.8 Å². The number of phenols is 1. The average Bonchev–Trinajstić information content (AvgIpc) is 2.92. The Kier molecular flexibility index (Phi) is 5.27. The molecule has 7 heteroatoms. The van der Waals surface area contributed by atoms with Crippen molar-refractivity contribution in [3.8, 4) is 5.75 Å². The van der Waals surface area contributed by atoms with Gasteiger partial charge in [0.2, 0.25) is 0 Å². The normalized spacial score (nSPS) is 17.7. The van der Waals surface area contributed by atoms with E-state index < -0.39 is 5.92 Å². The van der Waals surface area contributed by atoms with Crippen LogP contribution in [0.2, 0.25) is 10.0 Å². The van der Waals surface area contributed by atoms with E-state index in [0.717, 1.165) is 0 Å². The van der Waals surface area contributed by atoms with Gasteiger partial charge in [-0.05, 0) is 36.4 Å². The number of hydrazone groups is 1. The lowest BCUT2D eigenvalue weighted by Gasteiger charge is -2.20. The van der Waals surface area contributed by atoms with Crippen LogP contribution in [0, 0.1) is 11.3 Å². The van der Waals surface area contributed by atoms with Crippen molar-refractivity contribution in [1.29, 1.82) is 0 Å². The number of carbonyl (C=O) groups is 1. The summed E-state index contributed by atoms with van der Waals surface area (Å²) in [4.78, 5) is 17.3. The molecular weight excluding hydrogens is 385 g/mol. The molecule has 1 atom stereocenters. The zero-order valence-corrected chi connectivity index (χ0v) is 16.7. The Bertz CT molecular complexity index is 948. The third-order valence-corrected chi connectivity index (χ3v) is 4.57. The summed E-state index contributed by atoms with van der Waals surface area (Å²) in [5.41, 5.74) is 1.22. The average molecular weight is 404 g/mol. The van der Waals surface area contributed by atoms with E-state index in [1.54, 1.807) is 30.3 Å². The zero-order valence-electron chi connectivity index (χ0n) is 15.1. The molecule has 0 radical (unpaired) electrons. The summed E-state index contributed by atoms with van der Waals surface area (Å²) >= 11 is 12.0. The van der Waals surface area contributed by atoms with Gasteiger partial charge in [-0.3, -0.25) is 9.79 Å². The number of hydrogen-bond acceptors (Lipinski definition) is 4. The number of anilines is 1. The minimum absolute atomic E-state index is 0.0120. The lowest BCUT2D eigenvalue weighted by Crippen LogP contribution is -2.32. The summed E-state index contributed by atoms with van der Waals surface area (Å²) in [6.45, 7) is 5.95. The first kappa shape index (κ1) is 19.4. The lowest BCUT2D eigenvalue weighted by atomic mass is 9.83. The highest BCUT2D eigenvalue weighted by molar-refractivity contribution is 6.31. The number of aliphatic imine (C=N–C) groups is 1. The molecule has 0 aliphatic carbocycles. The van der Waals surface area contributed by atoms with Gasteiger partial charge in [-0.2, -0.15) is 10.1 Å². The topological polar surface area (TPSA) is 65.3 Å². The van der Waals surface area contributed by atoms with E-state index >= 15 is 0 Å². The molecule has 5 nitrogen and oxygen atoms in total. The van der Waals surface area contributed by atoms with Crippen molar-refractivity contribution in [1.82, 2.24) is 0 Å². The van der Waals surface area contributed by atoms with Gasteiger partial charge in [0, 0.05) is 21.7 Å². The van der Waals surface area contributed by atoms with Gasteiger partial charge < -0.3 is 5.11 Å². The molecule has 3 rings (SSSR count). The Morgan fingerprint density at radius 3 is 2.52 bits per heavy atom. The van der Waals surface area contributed by atoms with E-state index in [4.69, 9.17) is 23.2 Å². The Morgan fingerprint density at radius 1 is 1.15 bits per heavy atom. The second-order valence-electron chi connectivity index (χ2n) is 7.25. The monoisotopic (exact) mass is 403 g/mol. The van der Waals surface area contributed by atoms with E-state index in [0.29, 0.717) is 27.1 Å². The maximum atomic E-state index is 13.0. The van der Waals surface area contributed by atoms with Crippen LogP contribution in [0.4, 0.5) is 11.4 Å². The van der Waals surface area contributed by atoms with Crippen molar-refractivity contribution < 1.29 is 9.90 Å². The van der Waals surface area contributed by atoms with E-state index in [-0.39, 0.29) is 17.1 Å². The van der Waals surface area contributed by atoms with Gasteiger partial charge in [-0.15, -0.1) is 0 Å². The summed E-state index contributed by atoms with van der Waals surface area (Å²) in [7, 11) is 0. The largest absolute Gasteiger partial charge is 0.506 e. The van der Waals surface area contributed by atoms with Crippen molar-refractivity contribution in [3.05, 3.63) is 52.5 Å². The van der Waals surface area contributed by atoms with Crippen LogP contribution in [0.5, 0.6) is 5.75 Å². The minimum Gasteiger partial charge on any atom is -0.506 e. The Hall–Kier alpha value is -2.37. The van der Waals surface area contributed by atoms with Crippen molar-refractivity contribution in [3.63, 3.8) is 0 Å². The van der Waals surface area contributed by atoms with Gasteiger partial charge in [0.15, 0.2) is 0 Å². The molecule has 140 valence electrons. The summed E-state index contributed by atoms with van der Waals surface area (Å²) in [5.74, 6) is -0.892. The van der Waals surface area contributed by atoms with Crippen LogP contribution in [-0.4, -0.2) is 22.9 Å². The highest BCUT2D eigenvalue weighted by Gasteiger charge is 2.41. The van der Waals surface area contributed by atoms with Crippen LogP contribution in [-0.2, 0) is 4.79 Å². The molecule has 0 saturated heterocycles. The van der Waals surface area contributed by atoms with E-state index in [9.17, 15) is 9.90 Å². The zero-order chi connectivity index (χ0) is 19.8. The molecule has 2 aromatic rings. The number of benzene rings is 2. The van der Waals surface area contributed by atoms with Gasteiger partial charge in [-0.25, -0.2) is 0 Å². The lowest BCUT2D eigenvalue weighted by molar-refractivity contribution is -0.118. The number of carbonyl (C=O) groups excluding carboxylic acids is 1. The first-order valence-electron chi connectivity index (χ1n) is 8.38. The van der Waals surface area contributed by atoms with Gasteiger partial charge in [0.1, 0.15) is 17.4 Å². The Morgan fingerprint density at radius 2 is 1.85 bits per heavy atom. The maximum absolute atomic E-state index is 13.0. The summed E-state index contributed by atoms with van der Waals surface area (Å²) in [6, 6.07) is 11.5. The fourth-order valence-electron chi connectivity index (χ4n) is 2.77. The number of hydrogen-bond donors (Lipinski definition) is 1. The van der Waals surface area contributed by atoms with Gasteiger partial charge in [0.25, 0.3) is 5.91 Å². The second-order valence-corrected chi connectivity index (χ2v) is 8.13. The first-order valence-corrected chi connectivity index (χ1v) is 9.13. The third kappa shape index (κ3) is 4.15. The standard InChI is InChI=1S/C20H19Cl2N3O2/c1-20(2,3)18-15(11-23-16-10-13(22)7-8-17(16)26)19(27)25(24-18)14-6-4-5-12(21)9-14/h4-11,15,26H,1-3H3/b23-11+. The highest BCUT2D eigenvalue weighted by atomic mass is 35.5. The molecule has 1 heterocycles. The van der Waals surface area contributed by atoms with Crippen LogP contribution in [0.15, 0.2) is 52.6 Å². The molecule has 1 aliphatic rings. The van der Waals surface area contributed by atoms with Gasteiger partial charge >= 0.3 is 0 Å². The van der Waals surface area contributed by atoms with Crippen molar-refractivity contribution in [2.24, 2.45) is 21.4 Å². The molecule has 0 aromatic heterocycles. The first-order chi connectivity index (χ1) is 12.7. The number of nitrogens with zero attached hydrogens (tertiary/aromatic N) is 3. The summed E-state index contributed by atoms with van der Waals surface area (Å²) in [5, 5.41) is 16.8. The molecule has 2 aromatic carbocycles. The Labute approximate surface area is 167 Å². The number of phenolic OH excluding ortho intramolecular Hbond substituents is 1. The molecule has 1 unspecified atom stereocenters. The fraction of sp³-hybridized carbons (Fsp3) is 0.250. The van der Waals surface area contributed by atoms with E-state index in [1.807, 2.05) is 20.8 Å². The molecule has 1 amide bonds. The van der Waals surface area contributed by atoms with Crippen molar-refractivity contribution in [2.75, 3.05) is 5.01 Å². The van der Waals surface area contributed by atoms with Crippen LogP contribution in [0.3, 0.4) is 0 Å². The molecule has 0 saturated carbocycles. The molecular formula is C20H19Cl2N3O2. The molecule has 0 spiro atoms. The number of amides is 1. The van der Waals surface area contributed by atoms with Crippen LogP contribution in [0.25, 0.3) is 0 Å². The van der Waals surface area contributed by atoms with Crippen molar-refractivity contribution in [2.45, 2.75) is 20.8 Å². The molecule has 0 bridgehead atoms. The fourth-order valence-corrected chi connectivity index (χ4v) is 3.12. The SMILES string of the molecule is CC(C)(C)C1=NN(c2cccc(Cl)c2)C(=O)C1/C=N/c1cc(Cl)ccc1O. The van der Waals surface area contributed by atoms with Crippen molar-refractivity contribution >= 4 is 52.4 Å². The Balaban J connectivity index is 1.99. The smallest absolute Gasteiger partial charge is 0.261 e. The molecule has 0 fully saturated rings. The third-order valence-electron chi connectivity index (χ3n) is 4.10. The molecule has 1 N–H and O–H groups in total. The van der Waals surface area contributed by atoms with Gasteiger partial charge in [0.05, 0.1) is 11.4 Å². The molecule has 27 heavy (non-hydrogen) atoms. The van der Waals surface area contributed by atoms with Crippen LogP contribution < -0.4 is 5.01 Å². The van der Waals surface area contributed by atoms with E-state index in [2.05, 4.69) is 10.1 Å². The summed E-state index contributed by atoms with van der Waals surface area (Å²) in [6.07, 6.45) is 1.50. The number of halogens is 2. The summed E-state index contributed by atoms with van der Waals surface area (Å²) < 4.78 is 0. The predicted octanol–water partition coefficient (Wildman–Crippen LogP) is 5.47. The number of rotatable bonds is 3. The highest BCUT2D eigenvalue weighted by Crippen LogP contribution is 2.34.